The first-order chi connectivity index (χ1) is 8.42. The molecular formula is C11H20N2O5. The predicted molar refractivity (Wildman–Crippen MR) is 64.1 cm³/mol. The summed E-state index contributed by atoms with van der Waals surface area (Å²) in [6, 6.07) is -1.43. The van der Waals surface area contributed by atoms with Crippen molar-refractivity contribution >= 4 is 18.0 Å². The molecular weight excluding hydrogens is 240 g/mol. The average molecular weight is 260 g/mol. The Morgan fingerprint density at radius 2 is 1.94 bits per heavy atom. The number of carbonyl (C=O) groups is 3. The van der Waals surface area contributed by atoms with E-state index in [0.717, 1.165) is 0 Å². The van der Waals surface area contributed by atoms with E-state index in [-0.39, 0.29) is 18.9 Å². The molecule has 0 bridgehead atoms. The van der Waals surface area contributed by atoms with Crippen LogP contribution in [0.1, 0.15) is 26.7 Å². The number of carbonyl (C=O) groups excluding carboxylic acids is 2. The molecule has 0 fully saturated rings. The Hall–Kier alpha value is -1.79. The Morgan fingerprint density at radius 3 is 2.39 bits per heavy atom. The van der Waals surface area contributed by atoms with E-state index >= 15 is 0 Å². The summed E-state index contributed by atoms with van der Waals surface area (Å²) in [4.78, 5) is 34.7. The molecule has 0 heterocycles. The molecule has 1 atom stereocenters. The Bertz CT molecular complexity index is 306. The molecule has 0 aliphatic rings. The van der Waals surface area contributed by atoms with Crippen LogP contribution in [0.3, 0.4) is 0 Å². The van der Waals surface area contributed by atoms with Crippen molar-refractivity contribution in [2.24, 2.45) is 0 Å². The van der Waals surface area contributed by atoms with Crippen molar-refractivity contribution < 1.29 is 24.2 Å². The number of esters is 1. The van der Waals surface area contributed by atoms with Crippen molar-refractivity contribution in [3.05, 3.63) is 0 Å². The second-order valence-corrected chi connectivity index (χ2v) is 3.73. The summed E-state index contributed by atoms with van der Waals surface area (Å²) >= 11 is 0. The maximum atomic E-state index is 11.6. The smallest absolute Gasteiger partial charge is 0.326 e. The molecule has 0 spiro atoms. The number of carboxylic acids is 1. The second-order valence-electron chi connectivity index (χ2n) is 3.73. The highest BCUT2D eigenvalue weighted by Gasteiger charge is 2.19. The van der Waals surface area contributed by atoms with E-state index in [1.165, 1.54) is 11.9 Å². The fraction of sp³-hybridized carbons (Fsp3) is 0.727. The number of aliphatic carboxylic acids is 1. The van der Waals surface area contributed by atoms with Crippen LogP contribution in [0.4, 0.5) is 4.79 Å². The molecule has 104 valence electrons. The van der Waals surface area contributed by atoms with Gasteiger partial charge in [-0.25, -0.2) is 9.59 Å². The van der Waals surface area contributed by atoms with Gasteiger partial charge >= 0.3 is 18.0 Å². The number of nitrogens with zero attached hydrogens (tertiary/aromatic N) is 1. The van der Waals surface area contributed by atoms with Gasteiger partial charge in [-0.1, -0.05) is 6.92 Å². The summed E-state index contributed by atoms with van der Waals surface area (Å²) in [5.41, 5.74) is 0. The van der Waals surface area contributed by atoms with Gasteiger partial charge in [0.15, 0.2) is 0 Å². The van der Waals surface area contributed by atoms with Crippen LogP contribution in [0.2, 0.25) is 0 Å². The molecule has 0 aromatic heterocycles. The number of urea groups is 1. The molecule has 0 radical (unpaired) electrons. The molecule has 2 N–H and O–H groups in total. The number of carboxylic acid groups (broad SMARTS) is 1. The molecule has 0 rings (SSSR count). The number of amides is 2. The van der Waals surface area contributed by atoms with Crippen molar-refractivity contribution in [2.75, 3.05) is 20.2 Å². The molecule has 0 aliphatic heterocycles. The van der Waals surface area contributed by atoms with Gasteiger partial charge in [-0.2, -0.15) is 0 Å². The SMILES string of the molecule is CCOC(=O)CCN(C)C(=O)N[C@@H](CC)C(=O)O. The highest BCUT2D eigenvalue weighted by Crippen LogP contribution is 1.96. The molecule has 7 heteroatoms. The quantitative estimate of drug-likeness (QED) is 0.648. The van der Waals surface area contributed by atoms with Crippen LogP contribution in [-0.4, -0.2) is 54.2 Å². The molecule has 0 unspecified atom stereocenters. The highest BCUT2D eigenvalue weighted by atomic mass is 16.5. The average Bonchev–Trinajstić information content (AvgIpc) is 2.32. The van der Waals surface area contributed by atoms with Crippen LogP contribution in [0.25, 0.3) is 0 Å². The zero-order valence-corrected chi connectivity index (χ0v) is 10.9. The topological polar surface area (TPSA) is 95.9 Å². The van der Waals surface area contributed by atoms with Gasteiger partial charge in [0.25, 0.3) is 0 Å². The lowest BCUT2D eigenvalue weighted by molar-refractivity contribution is -0.143. The molecule has 0 aromatic carbocycles. The second kappa shape index (κ2) is 8.32. The summed E-state index contributed by atoms with van der Waals surface area (Å²) < 4.78 is 4.72. The zero-order valence-electron chi connectivity index (χ0n) is 10.9. The molecule has 18 heavy (non-hydrogen) atoms. The third kappa shape index (κ3) is 6.07. The zero-order chi connectivity index (χ0) is 14.1. The van der Waals surface area contributed by atoms with Gasteiger partial charge in [0.2, 0.25) is 0 Å². The van der Waals surface area contributed by atoms with E-state index in [1.54, 1.807) is 13.8 Å². The molecule has 7 nitrogen and oxygen atoms in total. The first kappa shape index (κ1) is 16.2. The van der Waals surface area contributed by atoms with Crippen LogP contribution in [0.5, 0.6) is 0 Å². The fourth-order valence-electron chi connectivity index (χ4n) is 1.19. The number of ether oxygens (including phenoxy) is 1. The van der Waals surface area contributed by atoms with E-state index in [2.05, 4.69) is 5.32 Å². The van der Waals surface area contributed by atoms with Crippen LogP contribution in [-0.2, 0) is 14.3 Å². The van der Waals surface area contributed by atoms with Crippen molar-refractivity contribution in [3.8, 4) is 0 Å². The molecule has 0 saturated heterocycles. The molecule has 0 aromatic rings. The minimum Gasteiger partial charge on any atom is -0.480 e. The first-order valence-corrected chi connectivity index (χ1v) is 5.82. The minimum absolute atomic E-state index is 0.0849. The van der Waals surface area contributed by atoms with Crippen molar-refractivity contribution in [1.29, 1.82) is 0 Å². The number of hydrogen-bond donors (Lipinski definition) is 2. The van der Waals surface area contributed by atoms with E-state index in [9.17, 15) is 14.4 Å². The Labute approximate surface area is 106 Å². The Kier molecular flexibility index (Phi) is 7.50. The van der Waals surface area contributed by atoms with Crippen molar-refractivity contribution in [1.82, 2.24) is 10.2 Å². The van der Waals surface area contributed by atoms with Gasteiger partial charge < -0.3 is 20.1 Å². The first-order valence-electron chi connectivity index (χ1n) is 5.82. The van der Waals surface area contributed by atoms with Crippen LogP contribution in [0, 0.1) is 0 Å². The van der Waals surface area contributed by atoms with Gasteiger partial charge in [-0.3, -0.25) is 4.79 Å². The van der Waals surface area contributed by atoms with Crippen LogP contribution < -0.4 is 5.32 Å². The molecule has 0 saturated carbocycles. The standard InChI is InChI=1S/C11H20N2O5/c1-4-8(10(15)16)12-11(17)13(3)7-6-9(14)18-5-2/h8H,4-7H2,1-3H3,(H,12,17)(H,15,16)/t8-/m0/s1. The Balaban J connectivity index is 4.10. The molecule has 0 aliphatic carbocycles. The number of nitrogens with one attached hydrogen (secondary N) is 1. The third-order valence-corrected chi connectivity index (χ3v) is 2.31. The molecule has 2 amide bonds. The van der Waals surface area contributed by atoms with E-state index < -0.39 is 18.0 Å². The van der Waals surface area contributed by atoms with E-state index in [1.807, 2.05) is 0 Å². The van der Waals surface area contributed by atoms with E-state index in [4.69, 9.17) is 9.84 Å². The number of rotatable bonds is 7. The lowest BCUT2D eigenvalue weighted by Gasteiger charge is -2.20. The lowest BCUT2D eigenvalue weighted by Crippen LogP contribution is -2.46. The van der Waals surface area contributed by atoms with Gasteiger partial charge in [0, 0.05) is 13.6 Å². The third-order valence-electron chi connectivity index (χ3n) is 2.31. The lowest BCUT2D eigenvalue weighted by atomic mass is 10.2. The summed E-state index contributed by atoms with van der Waals surface area (Å²) in [6.07, 6.45) is 0.383. The van der Waals surface area contributed by atoms with Crippen molar-refractivity contribution in [2.45, 2.75) is 32.7 Å². The van der Waals surface area contributed by atoms with Gasteiger partial charge in [0.1, 0.15) is 6.04 Å². The Morgan fingerprint density at radius 1 is 1.33 bits per heavy atom. The summed E-state index contributed by atoms with van der Waals surface area (Å²) in [7, 11) is 1.49. The largest absolute Gasteiger partial charge is 0.480 e. The van der Waals surface area contributed by atoms with Crippen LogP contribution in [0.15, 0.2) is 0 Å². The maximum Gasteiger partial charge on any atom is 0.326 e. The van der Waals surface area contributed by atoms with Crippen molar-refractivity contribution in [3.63, 3.8) is 0 Å². The maximum absolute atomic E-state index is 11.6. The van der Waals surface area contributed by atoms with Gasteiger partial charge in [-0.05, 0) is 13.3 Å². The van der Waals surface area contributed by atoms with E-state index in [0.29, 0.717) is 13.0 Å². The highest BCUT2D eigenvalue weighted by molar-refractivity contribution is 5.82. The normalized spacial score (nSPS) is 11.5. The fourth-order valence-corrected chi connectivity index (χ4v) is 1.19. The summed E-state index contributed by atoms with van der Waals surface area (Å²) in [5.74, 6) is -1.47. The van der Waals surface area contributed by atoms with Crippen LogP contribution >= 0.6 is 0 Å². The number of hydrogen-bond acceptors (Lipinski definition) is 4. The summed E-state index contributed by atoms with van der Waals surface area (Å²) in [6.45, 7) is 3.84. The summed E-state index contributed by atoms with van der Waals surface area (Å²) in [5, 5.41) is 11.1. The minimum atomic E-state index is -1.08. The van der Waals surface area contributed by atoms with Gasteiger partial charge in [-0.15, -0.1) is 0 Å². The van der Waals surface area contributed by atoms with Gasteiger partial charge in [0.05, 0.1) is 13.0 Å². The predicted octanol–water partition coefficient (Wildman–Crippen LogP) is 0.444. The monoisotopic (exact) mass is 260 g/mol.